The fraction of sp³-hybridized carbons (Fsp3) is 0.588. The number of nitrogens with two attached hydrogens (primary N) is 1. The van der Waals surface area contributed by atoms with Gasteiger partial charge in [0.25, 0.3) is 0 Å². The number of nitrogens with zero attached hydrogens (tertiary/aromatic N) is 1. The largest absolute Gasteiger partial charge is 0.497 e. The van der Waals surface area contributed by atoms with E-state index in [0.29, 0.717) is 11.5 Å². The van der Waals surface area contributed by atoms with Gasteiger partial charge in [-0.2, -0.15) is 13.2 Å². The predicted molar refractivity (Wildman–Crippen MR) is 86.5 cm³/mol. The molecule has 8 heteroatoms. The maximum Gasteiger partial charge on any atom is 0.391 e. The van der Waals surface area contributed by atoms with Crippen LogP contribution in [0.15, 0.2) is 18.2 Å². The molecule has 2 amide bonds. The molecular weight excluding hydrogens is 337 g/mol. The minimum absolute atomic E-state index is 0.0116. The summed E-state index contributed by atoms with van der Waals surface area (Å²) in [6.07, 6.45) is -3.59. The number of amides is 2. The molecule has 0 atom stereocenters. The molecule has 1 aliphatic carbocycles. The number of carbonyl (C=O) groups is 1. The highest BCUT2D eigenvalue weighted by Crippen LogP contribution is 2.39. The standard InChI is InChI=1S/C17H23F3N2O3/c1-24-14-8-3-11(15(9-14)25-2)10-22(16(21)23)13-6-4-12(5-7-13)17(18,19)20/h3,8-9,12-13H,4-7,10H2,1-2H3,(H2,21,23). The van der Waals surface area contributed by atoms with Gasteiger partial charge >= 0.3 is 12.2 Å². The molecule has 1 aromatic carbocycles. The lowest BCUT2D eigenvalue weighted by Crippen LogP contribution is -2.45. The van der Waals surface area contributed by atoms with E-state index in [9.17, 15) is 18.0 Å². The Morgan fingerprint density at radius 2 is 1.84 bits per heavy atom. The van der Waals surface area contributed by atoms with Crippen LogP contribution in [-0.4, -0.2) is 37.4 Å². The van der Waals surface area contributed by atoms with Crippen molar-refractivity contribution < 1.29 is 27.4 Å². The summed E-state index contributed by atoms with van der Waals surface area (Å²) in [4.78, 5) is 13.3. The zero-order valence-electron chi connectivity index (χ0n) is 14.3. The molecule has 5 nitrogen and oxygen atoms in total. The summed E-state index contributed by atoms with van der Waals surface area (Å²) >= 11 is 0. The number of alkyl halides is 3. The van der Waals surface area contributed by atoms with Crippen LogP contribution >= 0.6 is 0 Å². The monoisotopic (exact) mass is 360 g/mol. The molecule has 25 heavy (non-hydrogen) atoms. The highest BCUT2D eigenvalue weighted by Gasteiger charge is 2.42. The normalized spacial score (nSPS) is 20.8. The van der Waals surface area contributed by atoms with Crippen molar-refractivity contribution in [1.29, 1.82) is 0 Å². The topological polar surface area (TPSA) is 64.8 Å². The fourth-order valence-corrected chi connectivity index (χ4v) is 3.27. The van der Waals surface area contributed by atoms with Crippen molar-refractivity contribution in [2.45, 2.75) is 44.4 Å². The Hall–Kier alpha value is -2.12. The van der Waals surface area contributed by atoms with Crippen LogP contribution in [0.4, 0.5) is 18.0 Å². The quantitative estimate of drug-likeness (QED) is 0.871. The number of benzene rings is 1. The molecule has 140 valence electrons. The summed E-state index contributed by atoms with van der Waals surface area (Å²) < 4.78 is 48.9. The first-order chi connectivity index (χ1) is 11.8. The van der Waals surface area contributed by atoms with Gasteiger partial charge in [-0.3, -0.25) is 0 Å². The average molecular weight is 360 g/mol. The fourth-order valence-electron chi connectivity index (χ4n) is 3.27. The van der Waals surface area contributed by atoms with Crippen LogP contribution in [0.2, 0.25) is 0 Å². The summed E-state index contributed by atoms with van der Waals surface area (Å²) in [6, 6.07) is 4.23. The molecule has 0 saturated heterocycles. The number of halogens is 3. The molecule has 0 radical (unpaired) electrons. The second-order valence-electron chi connectivity index (χ2n) is 6.19. The lowest BCUT2D eigenvalue weighted by atomic mass is 9.85. The summed E-state index contributed by atoms with van der Waals surface area (Å²) in [5.41, 5.74) is 6.20. The van der Waals surface area contributed by atoms with E-state index in [1.165, 1.54) is 19.1 Å². The van der Waals surface area contributed by atoms with Crippen LogP contribution in [0.5, 0.6) is 11.5 Å². The number of ether oxygens (including phenoxy) is 2. The van der Waals surface area contributed by atoms with Gasteiger partial charge in [0.2, 0.25) is 0 Å². The maximum absolute atomic E-state index is 12.8. The van der Waals surface area contributed by atoms with Gasteiger partial charge < -0.3 is 20.1 Å². The molecule has 1 saturated carbocycles. The van der Waals surface area contributed by atoms with E-state index in [2.05, 4.69) is 0 Å². The number of methoxy groups -OCH3 is 2. The maximum atomic E-state index is 12.8. The Kier molecular flexibility index (Phi) is 6.02. The lowest BCUT2D eigenvalue weighted by Gasteiger charge is -2.36. The predicted octanol–water partition coefficient (Wildman–Crippen LogP) is 3.71. The van der Waals surface area contributed by atoms with Crippen LogP contribution in [0.1, 0.15) is 31.2 Å². The van der Waals surface area contributed by atoms with Crippen molar-refractivity contribution in [3.63, 3.8) is 0 Å². The van der Waals surface area contributed by atoms with E-state index in [4.69, 9.17) is 15.2 Å². The molecule has 1 aliphatic rings. The number of hydrogen-bond donors (Lipinski definition) is 1. The molecule has 1 fully saturated rings. The Labute approximate surface area is 144 Å². The molecule has 0 spiro atoms. The number of rotatable bonds is 5. The van der Waals surface area contributed by atoms with E-state index in [-0.39, 0.29) is 38.3 Å². The van der Waals surface area contributed by atoms with Crippen LogP contribution in [0, 0.1) is 5.92 Å². The lowest BCUT2D eigenvalue weighted by molar-refractivity contribution is -0.184. The summed E-state index contributed by atoms with van der Waals surface area (Å²) in [5, 5.41) is 0. The minimum atomic E-state index is -4.18. The number of primary amides is 1. The third kappa shape index (κ3) is 4.70. The zero-order valence-corrected chi connectivity index (χ0v) is 14.3. The van der Waals surface area contributed by atoms with Crippen LogP contribution in [0.25, 0.3) is 0 Å². The summed E-state index contributed by atoms with van der Waals surface area (Å²) in [6.45, 7) is 0.184. The second-order valence-corrected chi connectivity index (χ2v) is 6.19. The van der Waals surface area contributed by atoms with Gasteiger partial charge in [0.05, 0.1) is 26.7 Å². The second kappa shape index (κ2) is 7.84. The molecular formula is C17H23F3N2O3. The number of hydrogen-bond acceptors (Lipinski definition) is 3. The number of urea groups is 1. The van der Waals surface area contributed by atoms with E-state index in [1.54, 1.807) is 18.2 Å². The Bertz CT molecular complexity index is 599. The van der Waals surface area contributed by atoms with Crippen molar-refractivity contribution in [3.05, 3.63) is 23.8 Å². The van der Waals surface area contributed by atoms with Crippen molar-refractivity contribution in [3.8, 4) is 11.5 Å². The van der Waals surface area contributed by atoms with E-state index >= 15 is 0 Å². The van der Waals surface area contributed by atoms with Gasteiger partial charge in [0.15, 0.2) is 0 Å². The van der Waals surface area contributed by atoms with Crippen molar-refractivity contribution in [1.82, 2.24) is 4.90 Å². The van der Waals surface area contributed by atoms with Crippen molar-refractivity contribution in [2.75, 3.05) is 14.2 Å². The Morgan fingerprint density at radius 1 is 1.20 bits per heavy atom. The van der Waals surface area contributed by atoms with Gasteiger partial charge in [-0.1, -0.05) is 0 Å². The van der Waals surface area contributed by atoms with Gasteiger partial charge in [-0.15, -0.1) is 0 Å². The summed E-state index contributed by atoms with van der Waals surface area (Å²) in [7, 11) is 3.03. The highest BCUT2D eigenvalue weighted by atomic mass is 19.4. The Morgan fingerprint density at radius 3 is 2.32 bits per heavy atom. The van der Waals surface area contributed by atoms with Gasteiger partial charge in [0, 0.05) is 17.7 Å². The molecule has 0 aliphatic heterocycles. The molecule has 1 aromatic rings. The van der Waals surface area contributed by atoms with Gasteiger partial charge in [-0.25, -0.2) is 4.79 Å². The number of carbonyl (C=O) groups excluding carboxylic acids is 1. The molecule has 0 bridgehead atoms. The van der Waals surface area contributed by atoms with Crippen LogP contribution in [0.3, 0.4) is 0 Å². The molecule has 0 heterocycles. The molecule has 0 unspecified atom stereocenters. The van der Waals surface area contributed by atoms with E-state index in [0.717, 1.165) is 5.56 Å². The summed E-state index contributed by atoms with van der Waals surface area (Å²) in [5.74, 6) is -0.152. The highest BCUT2D eigenvalue weighted by molar-refractivity contribution is 5.72. The van der Waals surface area contributed by atoms with Crippen molar-refractivity contribution in [2.24, 2.45) is 11.7 Å². The first-order valence-corrected chi connectivity index (χ1v) is 8.10. The Balaban J connectivity index is 2.11. The van der Waals surface area contributed by atoms with Crippen molar-refractivity contribution >= 4 is 6.03 Å². The first-order valence-electron chi connectivity index (χ1n) is 8.10. The molecule has 0 aromatic heterocycles. The van der Waals surface area contributed by atoms with E-state index < -0.39 is 18.1 Å². The molecule has 2 N–H and O–H groups in total. The third-order valence-electron chi connectivity index (χ3n) is 4.72. The molecule has 2 rings (SSSR count). The SMILES string of the molecule is COc1ccc(CN(C(N)=O)C2CCC(C(F)(F)F)CC2)c(OC)c1. The van der Waals surface area contributed by atoms with Gasteiger partial charge in [0.1, 0.15) is 11.5 Å². The average Bonchev–Trinajstić information content (AvgIpc) is 2.58. The van der Waals surface area contributed by atoms with Crippen LogP contribution in [-0.2, 0) is 6.54 Å². The third-order valence-corrected chi connectivity index (χ3v) is 4.72. The smallest absolute Gasteiger partial charge is 0.391 e. The minimum Gasteiger partial charge on any atom is -0.497 e. The van der Waals surface area contributed by atoms with E-state index in [1.807, 2.05) is 0 Å². The van der Waals surface area contributed by atoms with Crippen LogP contribution < -0.4 is 15.2 Å². The zero-order chi connectivity index (χ0) is 18.6. The van der Waals surface area contributed by atoms with Gasteiger partial charge in [-0.05, 0) is 37.8 Å². The first kappa shape index (κ1) is 19.2.